The van der Waals surface area contributed by atoms with Gasteiger partial charge in [0.05, 0.1) is 10.9 Å². The first kappa shape index (κ1) is 31.5. The van der Waals surface area contributed by atoms with Crippen molar-refractivity contribution in [3.63, 3.8) is 0 Å². The van der Waals surface area contributed by atoms with Gasteiger partial charge in [0.1, 0.15) is 0 Å². The second-order valence-electron chi connectivity index (χ2n) is 7.11. The van der Waals surface area contributed by atoms with Crippen molar-refractivity contribution in [1.82, 2.24) is 4.72 Å². The Morgan fingerprint density at radius 1 is 0.844 bits per heavy atom. The van der Waals surface area contributed by atoms with Crippen LogP contribution in [0.15, 0.2) is 83.3 Å². The molecule has 1 aliphatic rings. The van der Waals surface area contributed by atoms with Crippen LogP contribution in [0, 0.1) is 47.3 Å². The predicted molar refractivity (Wildman–Crippen MR) is 114 cm³/mol. The van der Waals surface area contributed by atoms with Gasteiger partial charge in [0.15, 0.2) is 0 Å². The molecule has 0 spiro atoms. The normalized spacial score (nSPS) is 13.9. The van der Waals surface area contributed by atoms with Gasteiger partial charge in [0.2, 0.25) is 10.0 Å². The van der Waals surface area contributed by atoms with Crippen LogP contribution in [0.5, 0.6) is 0 Å². The van der Waals surface area contributed by atoms with E-state index in [-0.39, 0.29) is 83.7 Å². The Hall–Kier alpha value is -0.482. The minimum Gasteiger partial charge on any atom is -1.00 e. The Morgan fingerprint density at radius 3 is 2.06 bits per heavy atom. The molecule has 1 atom stereocenters. The third kappa shape index (κ3) is 6.55. The molecule has 1 N–H and O–H groups in total. The van der Waals surface area contributed by atoms with Crippen LogP contribution in [-0.2, 0) is 10.0 Å². The summed E-state index contributed by atoms with van der Waals surface area (Å²) in [5, 5.41) is 0. The molecule has 1 unspecified atom stereocenters. The predicted octanol–water partition coefficient (Wildman–Crippen LogP) is -3.50. The van der Waals surface area contributed by atoms with Crippen molar-refractivity contribution in [2.75, 3.05) is 0 Å². The Balaban J connectivity index is 0.00000240. The minimum atomic E-state index is -3.64. The van der Waals surface area contributed by atoms with E-state index in [4.69, 9.17) is 0 Å². The summed E-state index contributed by atoms with van der Waals surface area (Å²) in [6.07, 6.45) is 2.90. The molecule has 3 nitrogen and oxygen atoms in total. The first-order valence-electron chi connectivity index (χ1n) is 9.47. The van der Waals surface area contributed by atoms with Crippen LogP contribution in [0.1, 0.15) is 36.1 Å². The van der Waals surface area contributed by atoms with Gasteiger partial charge < -0.3 is 37.2 Å². The molecule has 1 aliphatic carbocycles. The quantitative estimate of drug-likeness (QED) is 0.313. The van der Waals surface area contributed by atoms with E-state index in [2.05, 4.69) is 42.0 Å². The van der Waals surface area contributed by atoms with Crippen LogP contribution in [0.25, 0.3) is 17.2 Å². The van der Waals surface area contributed by atoms with Gasteiger partial charge in [-0.2, -0.15) is 4.72 Å². The van der Waals surface area contributed by atoms with Crippen molar-refractivity contribution in [1.29, 1.82) is 0 Å². The minimum absolute atomic E-state index is 0. The molecule has 0 fully saturated rings. The van der Waals surface area contributed by atoms with Crippen LogP contribution >= 0.6 is 0 Å². The fourth-order valence-electron chi connectivity index (χ4n) is 3.75. The summed E-state index contributed by atoms with van der Waals surface area (Å²) in [7, 11) is -3.64. The molecule has 0 aromatic heterocycles. The molecular weight excluding hydrogens is 623 g/mol. The Morgan fingerprint density at radius 2 is 1.47 bits per heavy atom. The van der Waals surface area contributed by atoms with Crippen LogP contribution < -0.4 is 41.9 Å². The zero-order chi connectivity index (χ0) is 19.7. The molecule has 4 rings (SSSR count). The van der Waals surface area contributed by atoms with Gasteiger partial charge in [-0.1, -0.05) is 79.2 Å². The van der Waals surface area contributed by atoms with Crippen LogP contribution in [0.3, 0.4) is 0 Å². The van der Waals surface area contributed by atoms with E-state index in [1.54, 1.807) is 12.1 Å². The number of rotatable bonds is 5. The summed E-state index contributed by atoms with van der Waals surface area (Å²) in [4.78, 5) is 0.291. The first-order valence-corrected chi connectivity index (χ1v) is 11.0. The third-order valence-electron chi connectivity index (χ3n) is 5.24. The summed E-state index contributed by atoms with van der Waals surface area (Å²) in [6.45, 7) is 4.01. The average Bonchev–Trinajstić information content (AvgIpc) is 3.06. The molecule has 3 aromatic carbocycles. The van der Waals surface area contributed by atoms with Gasteiger partial charge >= 0.3 is 40.4 Å². The monoisotopic (exact) mass is 646 g/mol. The van der Waals surface area contributed by atoms with Crippen LogP contribution in [0.4, 0.5) is 0 Å². The molecule has 0 aliphatic heterocycles. The van der Waals surface area contributed by atoms with Crippen molar-refractivity contribution in [2.45, 2.75) is 31.2 Å². The van der Waals surface area contributed by atoms with Crippen molar-refractivity contribution in [3.05, 3.63) is 95.1 Å². The molecule has 1 radical (unpaired) electrons. The fourth-order valence-corrected chi connectivity index (χ4v) is 4.96. The molecule has 0 saturated heterocycles. The molecule has 3 aromatic rings. The van der Waals surface area contributed by atoms with Crippen molar-refractivity contribution in [3.8, 4) is 11.1 Å². The first-order chi connectivity index (χ1) is 13.5. The smallest absolute Gasteiger partial charge is 1.00 e. The van der Waals surface area contributed by atoms with E-state index >= 15 is 0 Å². The molecular formula is C24H23Cl3NO2SSm. The molecule has 0 saturated carbocycles. The summed E-state index contributed by atoms with van der Waals surface area (Å²) in [5.74, 6) is 0. The Bertz CT molecular complexity index is 1150. The van der Waals surface area contributed by atoms with Gasteiger partial charge in [-0.05, 0) is 53.3 Å². The number of sulfonamides is 1. The van der Waals surface area contributed by atoms with Gasteiger partial charge in [-0.15, -0.1) is 0 Å². The molecule has 0 heterocycles. The Labute approximate surface area is 241 Å². The molecule has 0 amide bonds. The number of hydrogen-bond donors (Lipinski definition) is 1. The topological polar surface area (TPSA) is 46.2 Å². The van der Waals surface area contributed by atoms with Gasteiger partial charge in [-0.3, -0.25) is 0 Å². The van der Waals surface area contributed by atoms with E-state index in [9.17, 15) is 8.42 Å². The number of benzene rings is 3. The average molecular weight is 646 g/mol. The van der Waals surface area contributed by atoms with Gasteiger partial charge in [-0.25, -0.2) is 8.42 Å². The summed E-state index contributed by atoms with van der Waals surface area (Å²) >= 11 is 0. The number of hydrogen-bond acceptors (Lipinski definition) is 2. The van der Waals surface area contributed by atoms with Gasteiger partial charge in [0, 0.05) is 0 Å². The number of fused-ring (bicyclic) bond motifs is 1. The number of nitrogens with one attached hydrogen (secondary N) is 1. The van der Waals surface area contributed by atoms with Crippen molar-refractivity contribution >= 4 is 16.1 Å². The van der Waals surface area contributed by atoms with Crippen molar-refractivity contribution < 1.29 is 86.0 Å². The largest absolute Gasteiger partial charge is 3.00 e. The van der Waals surface area contributed by atoms with E-state index in [0.29, 0.717) is 4.90 Å². The number of halogens is 3. The van der Waals surface area contributed by atoms with Crippen LogP contribution in [0.2, 0.25) is 0 Å². The van der Waals surface area contributed by atoms with Gasteiger partial charge in [0.25, 0.3) is 0 Å². The summed E-state index contributed by atoms with van der Waals surface area (Å²) < 4.78 is 29.1. The third-order valence-corrected chi connectivity index (χ3v) is 6.68. The standard InChI is InChI=1S/C24H23NO2S.3ClH.Sm/c1-3-18-16-20-10-7-11-22(19-8-5-4-6-9-19)23(20)24(18)25-28(26,27)21-14-12-17(2)13-15-21;;;;/h4-16,24-25H,3H2,1-2H3;3*1H;/q;;;;+3/p-3. The van der Waals surface area contributed by atoms with Crippen LogP contribution in [-0.4, -0.2) is 8.42 Å². The number of aryl methyl sites for hydroxylation is 1. The summed E-state index contributed by atoms with van der Waals surface area (Å²) in [6, 6.07) is 22.9. The Kier molecular flexibility index (Phi) is 13.2. The van der Waals surface area contributed by atoms with E-state index < -0.39 is 10.0 Å². The molecule has 169 valence electrons. The zero-order valence-corrected chi connectivity index (χ0v) is 23.3. The second-order valence-corrected chi connectivity index (χ2v) is 8.83. The second kappa shape index (κ2) is 13.4. The molecule has 8 heteroatoms. The maximum Gasteiger partial charge on any atom is 3.00 e. The zero-order valence-electron chi connectivity index (χ0n) is 17.6. The SMILES string of the molecule is CCC1=Cc2cccc(-c3ccccc3)c2C1NS(=O)(=O)c1ccc(C)cc1.[Cl-].[Cl-].[Cl-].[Sm+3]. The fraction of sp³-hybridized carbons (Fsp3) is 0.167. The molecule has 32 heavy (non-hydrogen) atoms. The van der Waals surface area contributed by atoms with E-state index in [1.807, 2.05) is 43.3 Å². The molecule has 0 bridgehead atoms. The van der Waals surface area contributed by atoms with Crippen molar-refractivity contribution in [2.24, 2.45) is 0 Å². The maximum atomic E-state index is 13.1. The van der Waals surface area contributed by atoms with E-state index in [0.717, 1.165) is 39.8 Å². The summed E-state index contributed by atoms with van der Waals surface area (Å²) in [5.41, 5.74) is 6.37. The van der Waals surface area contributed by atoms with E-state index in [1.165, 1.54) is 0 Å². The maximum absolute atomic E-state index is 13.1.